The highest BCUT2D eigenvalue weighted by molar-refractivity contribution is 9.10. The van der Waals surface area contributed by atoms with Gasteiger partial charge in [0.2, 0.25) is 0 Å². The molecule has 0 atom stereocenters. The van der Waals surface area contributed by atoms with Crippen molar-refractivity contribution < 1.29 is 9.53 Å². The number of carbonyl (C=O) groups excluding carboxylic acids is 1. The molecule has 30 heavy (non-hydrogen) atoms. The van der Waals surface area contributed by atoms with Crippen LogP contribution in [0.1, 0.15) is 29.1 Å². The molecule has 0 saturated heterocycles. The zero-order valence-corrected chi connectivity index (χ0v) is 19.0. The van der Waals surface area contributed by atoms with E-state index < -0.39 is 0 Å². The lowest BCUT2D eigenvalue weighted by Gasteiger charge is -2.10. The quantitative estimate of drug-likeness (QED) is 0.314. The molecule has 0 fully saturated rings. The maximum atomic E-state index is 11.9. The monoisotopic (exact) mass is 481 g/mol. The number of benzene rings is 2. The van der Waals surface area contributed by atoms with E-state index in [1.807, 2.05) is 24.3 Å². The molecule has 1 N–H and O–H groups in total. The van der Waals surface area contributed by atoms with Gasteiger partial charge < -0.3 is 10.1 Å². The molecule has 4 rings (SSSR count). The summed E-state index contributed by atoms with van der Waals surface area (Å²) >= 11 is 5.21. The lowest BCUT2D eigenvalue weighted by Crippen LogP contribution is -2.04. The van der Waals surface area contributed by atoms with Crippen LogP contribution in [0.2, 0.25) is 0 Å². The van der Waals surface area contributed by atoms with Crippen LogP contribution in [0.15, 0.2) is 59.3 Å². The number of fused-ring (bicyclic) bond motifs is 1. The molecule has 0 aliphatic rings. The lowest BCUT2D eigenvalue weighted by atomic mass is 10.0. The number of halogens is 1. The van der Waals surface area contributed by atoms with E-state index in [4.69, 9.17) is 4.74 Å². The van der Waals surface area contributed by atoms with Crippen LogP contribution in [-0.2, 0) is 11.2 Å². The molecule has 2 heterocycles. The second kappa shape index (κ2) is 8.93. The van der Waals surface area contributed by atoms with Crippen molar-refractivity contribution in [2.24, 2.45) is 0 Å². The number of nitrogens with one attached hydrogen (secondary N) is 1. The first-order valence-corrected chi connectivity index (χ1v) is 11.3. The number of aryl methyl sites for hydroxylation is 1. The van der Waals surface area contributed by atoms with Gasteiger partial charge in [-0.25, -0.2) is 14.8 Å². The smallest absolute Gasteiger partial charge is 0.338 e. The molecule has 0 saturated carbocycles. The van der Waals surface area contributed by atoms with Gasteiger partial charge in [-0.15, -0.1) is 11.3 Å². The van der Waals surface area contributed by atoms with Crippen molar-refractivity contribution in [2.45, 2.75) is 20.3 Å². The summed E-state index contributed by atoms with van der Waals surface area (Å²) in [6, 6.07) is 15.5. The van der Waals surface area contributed by atoms with Gasteiger partial charge in [-0.3, -0.25) is 0 Å². The molecule has 0 spiro atoms. The first-order chi connectivity index (χ1) is 14.6. The number of hydrogen-bond donors (Lipinski definition) is 1. The summed E-state index contributed by atoms with van der Waals surface area (Å²) < 4.78 is 6.09. The minimum atomic E-state index is -0.323. The number of ether oxygens (including phenoxy) is 1. The first-order valence-electron chi connectivity index (χ1n) is 9.67. The van der Waals surface area contributed by atoms with E-state index in [1.165, 1.54) is 4.88 Å². The van der Waals surface area contributed by atoms with Gasteiger partial charge in [-0.2, -0.15) is 0 Å². The Bertz CT molecular complexity index is 1190. The lowest BCUT2D eigenvalue weighted by molar-refractivity contribution is 0.0526. The number of hydrogen-bond acceptors (Lipinski definition) is 6. The molecule has 4 aromatic rings. The van der Waals surface area contributed by atoms with Crippen LogP contribution in [0.5, 0.6) is 0 Å². The average Bonchev–Trinajstić information content (AvgIpc) is 3.15. The molecule has 5 nitrogen and oxygen atoms in total. The maximum absolute atomic E-state index is 11.9. The number of esters is 1. The van der Waals surface area contributed by atoms with Crippen LogP contribution < -0.4 is 5.32 Å². The Morgan fingerprint density at radius 3 is 2.47 bits per heavy atom. The second-order valence-corrected chi connectivity index (χ2v) is 8.59. The van der Waals surface area contributed by atoms with Gasteiger partial charge in [0.15, 0.2) is 0 Å². The van der Waals surface area contributed by atoms with Gasteiger partial charge in [-0.05, 0) is 55.3 Å². The summed E-state index contributed by atoms with van der Waals surface area (Å²) in [5, 5.41) is 4.41. The van der Waals surface area contributed by atoms with Crippen molar-refractivity contribution in [3.05, 3.63) is 69.8 Å². The van der Waals surface area contributed by atoms with E-state index in [9.17, 15) is 4.79 Å². The van der Waals surface area contributed by atoms with Crippen molar-refractivity contribution in [1.82, 2.24) is 9.97 Å². The normalized spacial score (nSPS) is 10.9. The van der Waals surface area contributed by atoms with E-state index in [0.717, 1.165) is 43.7 Å². The maximum Gasteiger partial charge on any atom is 0.338 e. The molecule has 0 aliphatic carbocycles. The third-order valence-electron chi connectivity index (χ3n) is 4.67. The Hall–Kier alpha value is -2.77. The van der Waals surface area contributed by atoms with E-state index in [0.29, 0.717) is 12.2 Å². The van der Waals surface area contributed by atoms with Gasteiger partial charge in [0.1, 0.15) is 17.0 Å². The molecule has 152 valence electrons. The Morgan fingerprint density at radius 2 is 1.80 bits per heavy atom. The predicted molar refractivity (Wildman–Crippen MR) is 126 cm³/mol. The van der Waals surface area contributed by atoms with Gasteiger partial charge in [0.25, 0.3) is 0 Å². The van der Waals surface area contributed by atoms with Crippen LogP contribution in [0.25, 0.3) is 21.3 Å². The first kappa shape index (κ1) is 20.5. The van der Waals surface area contributed by atoms with Crippen LogP contribution in [0.4, 0.5) is 11.5 Å². The molecule has 7 heteroatoms. The Kier molecular flexibility index (Phi) is 6.11. The fourth-order valence-corrected chi connectivity index (χ4v) is 4.65. The number of carbonyl (C=O) groups is 1. The number of nitrogens with zero attached hydrogens (tertiary/aromatic N) is 2. The third-order valence-corrected chi connectivity index (χ3v) is 6.44. The Morgan fingerprint density at radius 1 is 1.07 bits per heavy atom. The Labute approximate surface area is 187 Å². The summed E-state index contributed by atoms with van der Waals surface area (Å²) in [6.45, 7) is 4.30. The third kappa shape index (κ3) is 4.08. The fraction of sp³-hybridized carbons (Fsp3) is 0.174. The van der Waals surface area contributed by atoms with Crippen molar-refractivity contribution in [3.8, 4) is 11.1 Å². The standard InChI is InChI=1S/C23H20BrN3O2S/c1-3-18-19(14-5-9-16(24)10-6-14)20-21(25-13-26-22(20)30-18)27-17-11-7-15(8-12-17)23(28)29-4-2/h5-13H,3-4H2,1-2H3,(H,25,26,27). The molecule has 2 aromatic heterocycles. The van der Waals surface area contributed by atoms with Gasteiger partial charge in [0, 0.05) is 20.6 Å². The largest absolute Gasteiger partial charge is 0.462 e. The number of rotatable bonds is 6. The molecule has 2 aromatic carbocycles. The van der Waals surface area contributed by atoms with Crippen molar-refractivity contribution >= 4 is 55.0 Å². The molecule has 0 bridgehead atoms. The highest BCUT2D eigenvalue weighted by atomic mass is 79.9. The van der Waals surface area contributed by atoms with Crippen LogP contribution >= 0.6 is 27.3 Å². The summed E-state index contributed by atoms with van der Waals surface area (Å²) in [5.74, 6) is 0.425. The molecule has 0 radical (unpaired) electrons. The predicted octanol–water partition coefficient (Wildman–Crippen LogP) is 6.60. The Balaban J connectivity index is 1.75. The van der Waals surface area contributed by atoms with Crippen LogP contribution in [0.3, 0.4) is 0 Å². The van der Waals surface area contributed by atoms with E-state index in [1.54, 1.807) is 36.7 Å². The minimum Gasteiger partial charge on any atom is -0.462 e. The zero-order chi connectivity index (χ0) is 21.1. The van der Waals surface area contributed by atoms with Crippen LogP contribution in [0, 0.1) is 0 Å². The number of aromatic nitrogens is 2. The number of thiophene rings is 1. The average molecular weight is 482 g/mol. The van der Waals surface area contributed by atoms with E-state index in [-0.39, 0.29) is 5.97 Å². The van der Waals surface area contributed by atoms with Gasteiger partial charge in [0.05, 0.1) is 17.6 Å². The zero-order valence-electron chi connectivity index (χ0n) is 16.6. The van der Waals surface area contributed by atoms with E-state index >= 15 is 0 Å². The summed E-state index contributed by atoms with van der Waals surface area (Å²) in [5.41, 5.74) is 3.66. The van der Waals surface area contributed by atoms with Crippen molar-refractivity contribution in [1.29, 1.82) is 0 Å². The topological polar surface area (TPSA) is 64.1 Å². The summed E-state index contributed by atoms with van der Waals surface area (Å²) in [6.07, 6.45) is 2.50. The highest BCUT2D eigenvalue weighted by Gasteiger charge is 2.18. The van der Waals surface area contributed by atoms with Crippen molar-refractivity contribution in [2.75, 3.05) is 11.9 Å². The molecule has 0 amide bonds. The fourth-order valence-electron chi connectivity index (χ4n) is 3.29. The minimum absolute atomic E-state index is 0.323. The van der Waals surface area contributed by atoms with Gasteiger partial charge in [-0.1, -0.05) is 35.0 Å². The summed E-state index contributed by atoms with van der Waals surface area (Å²) in [7, 11) is 0. The molecule has 0 unspecified atom stereocenters. The van der Waals surface area contributed by atoms with Crippen molar-refractivity contribution in [3.63, 3.8) is 0 Å². The second-order valence-electron chi connectivity index (χ2n) is 6.59. The SMILES string of the molecule is CCOC(=O)c1ccc(Nc2ncnc3sc(CC)c(-c4ccc(Br)cc4)c23)cc1. The highest BCUT2D eigenvalue weighted by Crippen LogP contribution is 2.42. The number of anilines is 2. The van der Waals surface area contributed by atoms with E-state index in [2.05, 4.69) is 50.3 Å². The summed E-state index contributed by atoms with van der Waals surface area (Å²) in [4.78, 5) is 23.1. The molecule has 0 aliphatic heterocycles. The van der Waals surface area contributed by atoms with Crippen LogP contribution in [-0.4, -0.2) is 22.5 Å². The molecular formula is C23H20BrN3O2S. The molecular weight excluding hydrogens is 462 g/mol. The van der Waals surface area contributed by atoms with Gasteiger partial charge >= 0.3 is 5.97 Å².